The molecule has 0 radical (unpaired) electrons. The Kier molecular flexibility index (Phi) is 5.02. The predicted octanol–water partition coefficient (Wildman–Crippen LogP) is -0.614. The second kappa shape index (κ2) is 6.12. The van der Waals surface area contributed by atoms with Gasteiger partial charge in [-0.05, 0) is 19.2 Å². The summed E-state index contributed by atoms with van der Waals surface area (Å²) in [7, 11) is -6.14. The fourth-order valence-electron chi connectivity index (χ4n) is 1.28. The smallest absolute Gasteiger partial charge is 0.218 e. The third-order valence-corrected chi connectivity index (χ3v) is 5.15. The maximum Gasteiger partial charge on any atom is 0.241 e. The van der Waals surface area contributed by atoms with E-state index in [1.165, 1.54) is 25.2 Å². The van der Waals surface area contributed by atoms with Crippen LogP contribution in [-0.4, -0.2) is 36.2 Å². The van der Waals surface area contributed by atoms with Crippen LogP contribution in [0.2, 0.25) is 0 Å². The minimum absolute atomic E-state index is 0.00599. The molecule has 1 aromatic rings. The lowest BCUT2D eigenvalue weighted by molar-refractivity contribution is 0.578. The number of benzene rings is 1. The van der Waals surface area contributed by atoms with Gasteiger partial charge in [0.15, 0.2) is 0 Å². The lowest BCUT2D eigenvalue weighted by Gasteiger charge is -2.08. The number of rotatable bonds is 6. The van der Waals surface area contributed by atoms with Gasteiger partial charge in [-0.1, -0.05) is 12.1 Å². The molecule has 1 rings (SSSR count). The molecule has 0 aliphatic carbocycles. The van der Waals surface area contributed by atoms with Gasteiger partial charge in [-0.25, -0.2) is 26.3 Å². The lowest BCUT2D eigenvalue weighted by atomic mass is 10.2. The third-order valence-electron chi connectivity index (χ3n) is 2.27. The molecule has 0 spiro atoms. The highest BCUT2D eigenvalue weighted by Crippen LogP contribution is 2.13. The van der Waals surface area contributed by atoms with Crippen molar-refractivity contribution in [3.05, 3.63) is 29.8 Å². The van der Waals surface area contributed by atoms with Crippen molar-refractivity contribution in [2.75, 3.05) is 19.3 Å². The van der Waals surface area contributed by atoms with Crippen molar-refractivity contribution in [3.63, 3.8) is 0 Å². The summed E-state index contributed by atoms with van der Waals surface area (Å²) < 4.78 is 50.3. The molecule has 0 amide bonds. The van der Waals surface area contributed by atoms with Crippen LogP contribution in [0.25, 0.3) is 0 Å². The van der Waals surface area contributed by atoms with Crippen LogP contribution in [0.1, 0.15) is 5.56 Å². The minimum atomic E-state index is -3.90. The molecule has 19 heavy (non-hydrogen) atoms. The number of sulfonamides is 2. The summed E-state index contributed by atoms with van der Waals surface area (Å²) in [4.78, 5) is -0.167. The normalized spacial score (nSPS) is 12.0. The summed E-state index contributed by atoms with van der Waals surface area (Å²) in [5, 5.41) is 8.83. The van der Waals surface area contributed by atoms with Crippen molar-refractivity contribution in [2.45, 2.75) is 4.90 Å². The van der Waals surface area contributed by atoms with Crippen LogP contribution in [0.4, 0.5) is 0 Å². The molecule has 0 unspecified atom stereocenters. The summed E-state index contributed by atoms with van der Waals surface area (Å²) in [6.45, 7) is -0.273. The molecule has 0 aliphatic heterocycles. The van der Waals surface area contributed by atoms with Gasteiger partial charge in [-0.2, -0.15) is 5.26 Å². The highest BCUT2D eigenvalue weighted by molar-refractivity contribution is 7.90. The van der Waals surface area contributed by atoms with E-state index in [9.17, 15) is 16.8 Å². The van der Waals surface area contributed by atoms with E-state index >= 15 is 0 Å². The van der Waals surface area contributed by atoms with Crippen molar-refractivity contribution < 1.29 is 16.8 Å². The molecular weight excluding hydrogens is 290 g/mol. The van der Waals surface area contributed by atoms with Crippen molar-refractivity contribution in [2.24, 2.45) is 0 Å². The van der Waals surface area contributed by atoms with Crippen molar-refractivity contribution in [3.8, 4) is 6.07 Å². The topological polar surface area (TPSA) is 116 Å². The monoisotopic (exact) mass is 303 g/mol. The number of hydrogen-bond acceptors (Lipinski definition) is 5. The van der Waals surface area contributed by atoms with Crippen LogP contribution >= 0.6 is 0 Å². The molecule has 0 heterocycles. The first-order valence-corrected chi connectivity index (χ1v) is 8.36. The van der Waals surface area contributed by atoms with Gasteiger partial charge in [0.25, 0.3) is 0 Å². The third kappa shape index (κ3) is 4.29. The van der Waals surface area contributed by atoms with E-state index in [1.807, 2.05) is 0 Å². The Bertz CT molecular complexity index is 690. The van der Waals surface area contributed by atoms with Crippen LogP contribution in [0.5, 0.6) is 0 Å². The van der Waals surface area contributed by atoms with Gasteiger partial charge in [0.1, 0.15) is 6.07 Å². The molecular formula is C10H13N3O4S2. The van der Waals surface area contributed by atoms with Crippen molar-refractivity contribution >= 4 is 20.0 Å². The lowest BCUT2D eigenvalue weighted by Crippen LogP contribution is -2.33. The molecule has 0 atom stereocenters. The fourth-order valence-corrected chi connectivity index (χ4v) is 3.17. The van der Waals surface area contributed by atoms with Crippen LogP contribution in [-0.2, 0) is 20.0 Å². The molecule has 1 aromatic carbocycles. The van der Waals surface area contributed by atoms with Gasteiger partial charge in [0.05, 0.1) is 16.2 Å². The van der Waals surface area contributed by atoms with E-state index < -0.39 is 20.0 Å². The van der Waals surface area contributed by atoms with Crippen LogP contribution in [0, 0.1) is 11.3 Å². The molecule has 0 saturated carbocycles. The summed E-state index contributed by atoms with van der Waals surface area (Å²) >= 11 is 0. The summed E-state index contributed by atoms with van der Waals surface area (Å²) in [6, 6.07) is 7.46. The van der Waals surface area contributed by atoms with E-state index in [2.05, 4.69) is 9.44 Å². The second-order valence-electron chi connectivity index (χ2n) is 3.53. The first-order valence-electron chi connectivity index (χ1n) is 5.22. The zero-order chi connectivity index (χ0) is 14.5. The largest absolute Gasteiger partial charge is 0.241 e. The van der Waals surface area contributed by atoms with Gasteiger partial charge in [0.2, 0.25) is 20.0 Å². The molecule has 0 fully saturated rings. The Morgan fingerprint density at radius 3 is 2.42 bits per heavy atom. The molecule has 2 N–H and O–H groups in total. The SMILES string of the molecule is CNS(=O)(=O)CCNS(=O)(=O)c1ccccc1C#N. The Morgan fingerprint density at radius 1 is 1.21 bits per heavy atom. The Balaban J connectivity index is 2.86. The molecule has 7 nitrogen and oxygen atoms in total. The first kappa shape index (κ1) is 15.6. The highest BCUT2D eigenvalue weighted by atomic mass is 32.2. The van der Waals surface area contributed by atoms with Crippen molar-refractivity contribution in [1.29, 1.82) is 5.26 Å². The molecule has 0 aromatic heterocycles. The van der Waals surface area contributed by atoms with E-state index in [1.54, 1.807) is 12.1 Å². The van der Waals surface area contributed by atoms with Crippen LogP contribution < -0.4 is 9.44 Å². The van der Waals surface area contributed by atoms with Crippen LogP contribution in [0.15, 0.2) is 29.2 Å². The number of nitrogens with zero attached hydrogens (tertiary/aromatic N) is 1. The fraction of sp³-hybridized carbons (Fsp3) is 0.300. The van der Waals surface area contributed by atoms with Crippen molar-refractivity contribution in [1.82, 2.24) is 9.44 Å². The Morgan fingerprint density at radius 2 is 1.84 bits per heavy atom. The van der Waals surface area contributed by atoms with E-state index in [0.717, 1.165) is 0 Å². The van der Waals surface area contributed by atoms with Gasteiger partial charge < -0.3 is 0 Å². The highest BCUT2D eigenvalue weighted by Gasteiger charge is 2.18. The Hall–Kier alpha value is -1.47. The average Bonchev–Trinajstić information content (AvgIpc) is 2.38. The zero-order valence-corrected chi connectivity index (χ0v) is 11.8. The van der Waals surface area contributed by atoms with Gasteiger partial charge >= 0.3 is 0 Å². The molecule has 0 aliphatic rings. The first-order chi connectivity index (χ1) is 8.82. The quantitative estimate of drug-likeness (QED) is 0.727. The van der Waals surface area contributed by atoms with Gasteiger partial charge in [0, 0.05) is 6.54 Å². The van der Waals surface area contributed by atoms with E-state index in [4.69, 9.17) is 5.26 Å². The predicted molar refractivity (Wildman–Crippen MR) is 69.2 cm³/mol. The second-order valence-corrected chi connectivity index (χ2v) is 7.31. The van der Waals surface area contributed by atoms with E-state index in [0.29, 0.717) is 0 Å². The van der Waals surface area contributed by atoms with Crippen LogP contribution in [0.3, 0.4) is 0 Å². The Labute approximate surface area is 112 Å². The average molecular weight is 303 g/mol. The maximum atomic E-state index is 11.9. The van der Waals surface area contributed by atoms with Gasteiger partial charge in [-0.15, -0.1) is 0 Å². The number of nitrogens with one attached hydrogen (secondary N) is 2. The standard InChI is InChI=1S/C10H13N3O4S2/c1-12-18(14,15)7-6-13-19(16,17)10-5-3-2-4-9(10)8-11/h2-5,12-13H,6-7H2,1H3. The maximum absolute atomic E-state index is 11.9. The summed E-state index contributed by atoms with van der Waals surface area (Å²) in [5.41, 5.74) is 0.00599. The van der Waals surface area contributed by atoms with E-state index in [-0.39, 0.29) is 22.8 Å². The van der Waals surface area contributed by atoms with Gasteiger partial charge in [-0.3, -0.25) is 0 Å². The molecule has 9 heteroatoms. The molecule has 0 saturated heterocycles. The summed E-state index contributed by atoms with van der Waals surface area (Å²) in [5.74, 6) is -0.378. The number of hydrogen-bond donors (Lipinski definition) is 2. The number of nitriles is 1. The minimum Gasteiger partial charge on any atom is -0.218 e. The zero-order valence-electron chi connectivity index (χ0n) is 10.1. The summed E-state index contributed by atoms with van der Waals surface area (Å²) in [6.07, 6.45) is 0. The molecule has 0 bridgehead atoms. The molecule has 104 valence electrons.